The number of hydrogen-bond donors (Lipinski definition) is 1. The van der Waals surface area contributed by atoms with E-state index in [-0.39, 0.29) is 18.4 Å². The topological polar surface area (TPSA) is 88.3 Å². The Morgan fingerprint density at radius 2 is 2.29 bits per heavy atom. The summed E-state index contributed by atoms with van der Waals surface area (Å²) in [5.41, 5.74) is 1.71. The highest BCUT2D eigenvalue weighted by Gasteiger charge is 2.27. The summed E-state index contributed by atoms with van der Waals surface area (Å²) in [6, 6.07) is 1.85. The predicted octanol–water partition coefficient (Wildman–Crippen LogP) is 1.68. The van der Waals surface area contributed by atoms with Crippen LogP contribution >= 0.6 is 11.3 Å². The standard InChI is InChI=1S/C16H20N4O3S/c1-11-18-13(10-24-11)7-15(21)19-6-2-3-12(8-19)14-4-5-17-20(14)9-16(22)23/h4-5,10,12H,2-3,6-9H2,1H3,(H,22,23)/t12-/m0/s1. The van der Waals surface area contributed by atoms with E-state index in [1.807, 2.05) is 23.3 Å². The van der Waals surface area contributed by atoms with E-state index >= 15 is 0 Å². The molecule has 3 rings (SSSR count). The Morgan fingerprint density at radius 1 is 1.46 bits per heavy atom. The summed E-state index contributed by atoms with van der Waals surface area (Å²) in [6.45, 7) is 3.13. The molecule has 8 heteroatoms. The van der Waals surface area contributed by atoms with Gasteiger partial charge in [0.2, 0.25) is 5.91 Å². The largest absolute Gasteiger partial charge is 0.480 e. The maximum atomic E-state index is 12.5. The Balaban J connectivity index is 1.67. The van der Waals surface area contributed by atoms with Crippen molar-refractivity contribution in [2.45, 2.75) is 38.6 Å². The fraction of sp³-hybridized carbons (Fsp3) is 0.500. The number of carbonyl (C=O) groups excluding carboxylic acids is 1. The van der Waals surface area contributed by atoms with Gasteiger partial charge in [-0.05, 0) is 25.8 Å². The molecule has 2 aromatic rings. The van der Waals surface area contributed by atoms with Crippen LogP contribution in [0.15, 0.2) is 17.6 Å². The van der Waals surface area contributed by atoms with Crippen LogP contribution in [0.3, 0.4) is 0 Å². The average molecular weight is 348 g/mol. The highest BCUT2D eigenvalue weighted by atomic mass is 32.1. The van der Waals surface area contributed by atoms with Crippen molar-refractivity contribution in [2.24, 2.45) is 0 Å². The molecule has 0 unspecified atom stereocenters. The third-order valence-corrected chi connectivity index (χ3v) is 5.05. The van der Waals surface area contributed by atoms with Crippen LogP contribution in [0.2, 0.25) is 0 Å². The number of rotatable bonds is 5. The molecule has 0 aromatic carbocycles. The smallest absolute Gasteiger partial charge is 0.325 e. The summed E-state index contributed by atoms with van der Waals surface area (Å²) in [5.74, 6) is -0.710. The molecule has 1 atom stereocenters. The highest BCUT2D eigenvalue weighted by Crippen LogP contribution is 2.27. The van der Waals surface area contributed by atoms with Crippen LogP contribution in [-0.2, 0) is 22.6 Å². The Morgan fingerprint density at radius 3 is 3.00 bits per heavy atom. The van der Waals surface area contributed by atoms with E-state index in [2.05, 4.69) is 10.1 Å². The average Bonchev–Trinajstić information content (AvgIpc) is 3.16. The maximum absolute atomic E-state index is 12.5. The molecule has 0 aliphatic carbocycles. The first-order valence-corrected chi connectivity index (χ1v) is 8.83. The minimum absolute atomic E-state index is 0.0781. The molecule has 0 bridgehead atoms. The van der Waals surface area contributed by atoms with Gasteiger partial charge in [0.15, 0.2) is 0 Å². The second-order valence-corrected chi connectivity index (χ2v) is 7.08. The number of aromatic nitrogens is 3. The lowest BCUT2D eigenvalue weighted by molar-refractivity contribution is -0.138. The number of aliphatic carboxylic acids is 1. The Hall–Kier alpha value is -2.22. The molecule has 1 N–H and O–H groups in total. The van der Waals surface area contributed by atoms with Gasteiger partial charge in [-0.25, -0.2) is 4.98 Å². The molecule has 3 heterocycles. The summed E-state index contributed by atoms with van der Waals surface area (Å²) in [5, 5.41) is 16.0. The summed E-state index contributed by atoms with van der Waals surface area (Å²) < 4.78 is 1.52. The number of hydrogen-bond acceptors (Lipinski definition) is 5. The van der Waals surface area contributed by atoms with Crippen molar-refractivity contribution in [3.8, 4) is 0 Å². The number of thiazole rings is 1. The zero-order valence-electron chi connectivity index (χ0n) is 13.5. The number of piperidine rings is 1. The van der Waals surface area contributed by atoms with Crippen LogP contribution < -0.4 is 0 Å². The number of aryl methyl sites for hydroxylation is 1. The van der Waals surface area contributed by atoms with Gasteiger partial charge in [-0.1, -0.05) is 0 Å². The van der Waals surface area contributed by atoms with Crippen LogP contribution in [-0.4, -0.2) is 49.7 Å². The van der Waals surface area contributed by atoms with Gasteiger partial charge in [0, 0.05) is 36.3 Å². The monoisotopic (exact) mass is 348 g/mol. The SMILES string of the molecule is Cc1nc(CC(=O)N2CCC[C@H](c3ccnn3CC(=O)O)C2)cs1. The third kappa shape index (κ3) is 3.81. The van der Waals surface area contributed by atoms with Gasteiger partial charge in [0.1, 0.15) is 6.54 Å². The first-order chi connectivity index (χ1) is 11.5. The first kappa shape index (κ1) is 16.6. The highest BCUT2D eigenvalue weighted by molar-refractivity contribution is 7.09. The fourth-order valence-electron chi connectivity index (χ4n) is 3.15. The molecule has 2 aromatic heterocycles. The molecule has 128 valence electrons. The van der Waals surface area contributed by atoms with Gasteiger partial charge in [0.25, 0.3) is 0 Å². The molecule has 1 fully saturated rings. The quantitative estimate of drug-likeness (QED) is 0.888. The molecule has 1 aliphatic rings. The van der Waals surface area contributed by atoms with Crippen LogP contribution in [0.1, 0.15) is 35.2 Å². The first-order valence-electron chi connectivity index (χ1n) is 7.95. The van der Waals surface area contributed by atoms with Gasteiger partial charge in [-0.2, -0.15) is 5.10 Å². The van der Waals surface area contributed by atoms with Crippen molar-refractivity contribution in [3.05, 3.63) is 34.0 Å². The van der Waals surface area contributed by atoms with Crippen LogP contribution in [0.25, 0.3) is 0 Å². The van der Waals surface area contributed by atoms with Gasteiger partial charge >= 0.3 is 5.97 Å². The van der Waals surface area contributed by atoms with E-state index in [1.165, 1.54) is 4.68 Å². The van der Waals surface area contributed by atoms with E-state index in [4.69, 9.17) is 5.11 Å². The van der Waals surface area contributed by atoms with E-state index in [0.29, 0.717) is 13.0 Å². The minimum Gasteiger partial charge on any atom is -0.480 e. The molecule has 1 aliphatic heterocycles. The molecule has 24 heavy (non-hydrogen) atoms. The zero-order chi connectivity index (χ0) is 17.1. The number of carboxylic acid groups (broad SMARTS) is 1. The molecule has 1 saturated heterocycles. The third-order valence-electron chi connectivity index (χ3n) is 4.23. The van der Waals surface area contributed by atoms with Crippen molar-refractivity contribution < 1.29 is 14.7 Å². The Bertz CT molecular complexity index is 739. The number of likely N-dealkylation sites (tertiary alicyclic amines) is 1. The molecule has 0 spiro atoms. The summed E-state index contributed by atoms with van der Waals surface area (Å²) in [6.07, 6.45) is 3.79. The van der Waals surface area contributed by atoms with Crippen molar-refractivity contribution >= 4 is 23.2 Å². The minimum atomic E-state index is -0.914. The number of carboxylic acids is 1. The molecular formula is C16H20N4O3S. The normalized spacial score (nSPS) is 17.9. The van der Waals surface area contributed by atoms with Crippen LogP contribution in [0, 0.1) is 6.92 Å². The van der Waals surface area contributed by atoms with Crippen molar-refractivity contribution in [2.75, 3.05) is 13.1 Å². The van der Waals surface area contributed by atoms with Crippen molar-refractivity contribution in [3.63, 3.8) is 0 Å². The molecule has 0 radical (unpaired) electrons. The van der Waals surface area contributed by atoms with Gasteiger partial charge < -0.3 is 10.0 Å². The summed E-state index contributed by atoms with van der Waals surface area (Å²) >= 11 is 1.55. The lowest BCUT2D eigenvalue weighted by atomic mass is 9.94. The van der Waals surface area contributed by atoms with Gasteiger partial charge in [-0.3, -0.25) is 14.3 Å². The van der Waals surface area contributed by atoms with Crippen molar-refractivity contribution in [1.29, 1.82) is 0 Å². The lowest BCUT2D eigenvalue weighted by Gasteiger charge is -2.33. The van der Waals surface area contributed by atoms with E-state index < -0.39 is 5.97 Å². The molecule has 7 nitrogen and oxygen atoms in total. The predicted molar refractivity (Wildman–Crippen MR) is 89.0 cm³/mol. The summed E-state index contributed by atoms with van der Waals surface area (Å²) in [4.78, 5) is 29.7. The molecule has 1 amide bonds. The van der Waals surface area contributed by atoms with E-state index in [9.17, 15) is 9.59 Å². The zero-order valence-corrected chi connectivity index (χ0v) is 14.3. The molecule has 0 saturated carbocycles. The number of amides is 1. The Labute approximate surface area is 143 Å². The lowest BCUT2D eigenvalue weighted by Crippen LogP contribution is -2.40. The van der Waals surface area contributed by atoms with Crippen LogP contribution in [0.5, 0.6) is 0 Å². The van der Waals surface area contributed by atoms with Crippen LogP contribution in [0.4, 0.5) is 0 Å². The molecular weight excluding hydrogens is 328 g/mol. The maximum Gasteiger partial charge on any atom is 0.325 e. The van der Waals surface area contributed by atoms with E-state index in [1.54, 1.807) is 17.5 Å². The van der Waals surface area contributed by atoms with E-state index in [0.717, 1.165) is 35.8 Å². The van der Waals surface area contributed by atoms with Crippen molar-refractivity contribution in [1.82, 2.24) is 19.7 Å². The number of carbonyl (C=O) groups is 2. The summed E-state index contributed by atoms with van der Waals surface area (Å²) in [7, 11) is 0. The van der Waals surface area contributed by atoms with Gasteiger partial charge in [0.05, 0.1) is 17.1 Å². The fourth-order valence-corrected chi connectivity index (χ4v) is 3.76. The van der Waals surface area contributed by atoms with Gasteiger partial charge in [-0.15, -0.1) is 11.3 Å². The number of nitrogens with zero attached hydrogens (tertiary/aromatic N) is 4. The second kappa shape index (κ2) is 7.12. The second-order valence-electron chi connectivity index (χ2n) is 6.02. The Kier molecular flexibility index (Phi) is 4.94.